The molecule has 0 aliphatic rings. The van der Waals surface area contributed by atoms with Crippen LogP contribution in [0.5, 0.6) is 0 Å². The van der Waals surface area contributed by atoms with E-state index in [4.69, 9.17) is 0 Å². The highest BCUT2D eigenvalue weighted by molar-refractivity contribution is 9.10. The summed E-state index contributed by atoms with van der Waals surface area (Å²) in [6.07, 6.45) is 3.50. The lowest BCUT2D eigenvalue weighted by molar-refractivity contribution is 1.16. The van der Waals surface area contributed by atoms with Crippen molar-refractivity contribution < 1.29 is 0 Å². The van der Waals surface area contributed by atoms with Crippen molar-refractivity contribution in [3.8, 4) is 11.4 Å². The van der Waals surface area contributed by atoms with Gasteiger partial charge in [-0.1, -0.05) is 28.1 Å². The zero-order chi connectivity index (χ0) is 9.97. The van der Waals surface area contributed by atoms with Gasteiger partial charge in [0.1, 0.15) is 0 Å². The third-order valence-electron chi connectivity index (χ3n) is 2.01. The molecular weight excluding hydrogens is 240 g/mol. The van der Waals surface area contributed by atoms with E-state index in [0.29, 0.717) is 0 Å². The first-order chi connectivity index (χ1) is 6.79. The van der Waals surface area contributed by atoms with Crippen molar-refractivity contribution in [3.63, 3.8) is 0 Å². The largest absolute Gasteiger partial charge is 0.237 e. The lowest BCUT2D eigenvalue weighted by atomic mass is 10.1. The first-order valence-corrected chi connectivity index (χ1v) is 5.11. The van der Waals surface area contributed by atoms with Gasteiger partial charge in [0.25, 0.3) is 0 Å². The molecule has 0 unspecified atom stereocenters. The maximum absolute atomic E-state index is 4.23. The van der Waals surface area contributed by atoms with Crippen LogP contribution < -0.4 is 0 Å². The van der Waals surface area contributed by atoms with Crippen molar-refractivity contribution >= 4 is 15.9 Å². The van der Waals surface area contributed by atoms with Crippen LogP contribution >= 0.6 is 15.9 Å². The quantitative estimate of drug-likeness (QED) is 0.775. The molecule has 2 rings (SSSR count). The fraction of sp³-hybridized carbons (Fsp3) is 0.0909. The molecule has 0 radical (unpaired) electrons. The lowest BCUT2D eigenvalue weighted by Gasteiger charge is -2.05. The third kappa shape index (κ3) is 1.68. The normalized spacial score (nSPS) is 10.1. The molecule has 70 valence electrons. The average Bonchev–Trinajstić information content (AvgIpc) is 2.19. The summed E-state index contributed by atoms with van der Waals surface area (Å²) in [5.74, 6) is 0.762. The molecule has 1 aromatic heterocycles. The molecule has 0 spiro atoms. The Hall–Kier alpha value is -1.22. The van der Waals surface area contributed by atoms with Crippen molar-refractivity contribution in [3.05, 3.63) is 46.7 Å². The molecule has 0 atom stereocenters. The summed E-state index contributed by atoms with van der Waals surface area (Å²) >= 11 is 3.50. The van der Waals surface area contributed by atoms with Gasteiger partial charge in [-0.25, -0.2) is 9.97 Å². The second kappa shape index (κ2) is 3.88. The smallest absolute Gasteiger partial charge is 0.160 e. The molecular formula is C11H9BrN2. The molecule has 0 saturated carbocycles. The monoisotopic (exact) mass is 248 g/mol. The topological polar surface area (TPSA) is 25.8 Å². The molecule has 2 aromatic rings. The van der Waals surface area contributed by atoms with Gasteiger partial charge < -0.3 is 0 Å². The van der Waals surface area contributed by atoms with Crippen LogP contribution in [0.1, 0.15) is 5.56 Å². The van der Waals surface area contributed by atoms with Crippen LogP contribution in [0.2, 0.25) is 0 Å². The fourth-order valence-corrected chi connectivity index (χ4v) is 1.99. The summed E-state index contributed by atoms with van der Waals surface area (Å²) in [7, 11) is 0. The Morgan fingerprint density at radius 2 is 1.79 bits per heavy atom. The summed E-state index contributed by atoms with van der Waals surface area (Å²) < 4.78 is 1.03. The highest BCUT2D eigenvalue weighted by Crippen LogP contribution is 2.28. The minimum absolute atomic E-state index is 0.762. The highest BCUT2D eigenvalue weighted by atomic mass is 79.9. The van der Waals surface area contributed by atoms with Gasteiger partial charge in [0.15, 0.2) is 5.82 Å². The summed E-state index contributed by atoms with van der Waals surface area (Å²) in [4.78, 5) is 8.46. The molecule has 0 bridgehead atoms. The SMILES string of the molecule is Cc1cccc(Br)c1-c1ncccn1. The van der Waals surface area contributed by atoms with Gasteiger partial charge in [0.2, 0.25) is 0 Å². The fourth-order valence-electron chi connectivity index (χ4n) is 1.34. The predicted molar refractivity (Wildman–Crippen MR) is 59.9 cm³/mol. The summed E-state index contributed by atoms with van der Waals surface area (Å²) in [5, 5.41) is 0. The van der Waals surface area contributed by atoms with E-state index in [2.05, 4.69) is 38.9 Å². The third-order valence-corrected chi connectivity index (χ3v) is 2.67. The number of benzene rings is 1. The summed E-state index contributed by atoms with van der Waals surface area (Å²) in [6.45, 7) is 2.05. The van der Waals surface area contributed by atoms with Crippen LogP contribution in [0.15, 0.2) is 41.1 Å². The number of rotatable bonds is 1. The number of nitrogens with zero attached hydrogens (tertiary/aromatic N) is 2. The molecule has 0 fully saturated rings. The van der Waals surface area contributed by atoms with Crippen molar-refractivity contribution in [2.75, 3.05) is 0 Å². The summed E-state index contributed by atoms with van der Waals surface area (Å²) in [5.41, 5.74) is 2.23. The molecule has 0 N–H and O–H groups in total. The van der Waals surface area contributed by atoms with Gasteiger partial charge in [-0.3, -0.25) is 0 Å². The van der Waals surface area contributed by atoms with E-state index in [1.165, 1.54) is 5.56 Å². The molecule has 0 aliphatic heterocycles. The van der Waals surface area contributed by atoms with Gasteiger partial charge in [-0.15, -0.1) is 0 Å². The van der Waals surface area contributed by atoms with Crippen LogP contribution in [0.4, 0.5) is 0 Å². The van der Waals surface area contributed by atoms with Gasteiger partial charge in [-0.2, -0.15) is 0 Å². The highest BCUT2D eigenvalue weighted by Gasteiger charge is 2.07. The van der Waals surface area contributed by atoms with Crippen molar-refractivity contribution in [1.29, 1.82) is 0 Å². The molecule has 0 amide bonds. The van der Waals surface area contributed by atoms with Crippen LogP contribution in [0, 0.1) is 6.92 Å². The molecule has 14 heavy (non-hydrogen) atoms. The Labute approximate surface area is 91.2 Å². The van der Waals surface area contributed by atoms with Crippen LogP contribution in [-0.2, 0) is 0 Å². The second-order valence-corrected chi connectivity index (χ2v) is 3.86. The van der Waals surface area contributed by atoms with E-state index >= 15 is 0 Å². The number of halogens is 1. The van der Waals surface area contributed by atoms with Crippen LogP contribution in [0.25, 0.3) is 11.4 Å². The lowest BCUT2D eigenvalue weighted by Crippen LogP contribution is -1.90. The van der Waals surface area contributed by atoms with Gasteiger partial charge in [0.05, 0.1) is 0 Å². The molecule has 1 heterocycles. The zero-order valence-electron chi connectivity index (χ0n) is 7.74. The maximum Gasteiger partial charge on any atom is 0.160 e. The van der Waals surface area contributed by atoms with E-state index in [0.717, 1.165) is 15.9 Å². The number of aromatic nitrogens is 2. The minimum Gasteiger partial charge on any atom is -0.237 e. The van der Waals surface area contributed by atoms with Crippen LogP contribution in [0.3, 0.4) is 0 Å². The maximum atomic E-state index is 4.23. The Kier molecular flexibility index (Phi) is 2.59. The van der Waals surface area contributed by atoms with E-state index in [9.17, 15) is 0 Å². The van der Waals surface area contributed by atoms with Gasteiger partial charge in [-0.05, 0) is 24.6 Å². The number of hydrogen-bond donors (Lipinski definition) is 0. The first-order valence-electron chi connectivity index (χ1n) is 4.31. The Morgan fingerprint density at radius 3 is 2.43 bits per heavy atom. The van der Waals surface area contributed by atoms with Gasteiger partial charge >= 0.3 is 0 Å². The molecule has 3 heteroatoms. The van der Waals surface area contributed by atoms with E-state index < -0.39 is 0 Å². The predicted octanol–water partition coefficient (Wildman–Crippen LogP) is 3.21. The van der Waals surface area contributed by atoms with Crippen molar-refractivity contribution in [2.45, 2.75) is 6.92 Å². The standard InChI is InChI=1S/C11H9BrN2/c1-8-4-2-5-9(12)10(8)11-13-6-3-7-14-11/h2-7H,1H3. The number of aryl methyl sites for hydroxylation is 1. The average molecular weight is 249 g/mol. The van der Waals surface area contributed by atoms with Crippen molar-refractivity contribution in [2.24, 2.45) is 0 Å². The number of hydrogen-bond acceptors (Lipinski definition) is 2. The zero-order valence-corrected chi connectivity index (χ0v) is 9.32. The van der Waals surface area contributed by atoms with Crippen LogP contribution in [-0.4, -0.2) is 9.97 Å². The van der Waals surface area contributed by atoms with E-state index in [1.54, 1.807) is 12.4 Å². The van der Waals surface area contributed by atoms with Crippen molar-refractivity contribution in [1.82, 2.24) is 9.97 Å². The second-order valence-electron chi connectivity index (χ2n) is 3.00. The Balaban J connectivity index is 2.63. The van der Waals surface area contributed by atoms with E-state index in [1.807, 2.05) is 18.2 Å². The first kappa shape index (κ1) is 9.34. The molecule has 1 aromatic carbocycles. The molecule has 2 nitrogen and oxygen atoms in total. The molecule has 0 saturated heterocycles. The molecule has 0 aliphatic carbocycles. The minimum atomic E-state index is 0.762. The Morgan fingerprint density at radius 1 is 1.07 bits per heavy atom. The Bertz CT molecular complexity index is 420. The van der Waals surface area contributed by atoms with Gasteiger partial charge in [0, 0.05) is 22.4 Å². The summed E-state index contributed by atoms with van der Waals surface area (Å²) in [6, 6.07) is 7.87. The van der Waals surface area contributed by atoms with E-state index in [-0.39, 0.29) is 0 Å².